The quantitative estimate of drug-likeness (QED) is 0.298. The van der Waals surface area contributed by atoms with Crippen LogP contribution in [0.3, 0.4) is 0 Å². The van der Waals surface area contributed by atoms with Crippen molar-refractivity contribution >= 4 is 38.5 Å². The Bertz CT molecular complexity index is 948. The van der Waals surface area contributed by atoms with E-state index in [9.17, 15) is 25.5 Å². The summed E-state index contributed by atoms with van der Waals surface area (Å²) >= 11 is 1.07. The van der Waals surface area contributed by atoms with Crippen LogP contribution in [0.5, 0.6) is 0 Å². The molecule has 0 saturated carbocycles. The molecule has 0 unspecified atom stereocenters. The molecule has 0 radical (unpaired) electrons. The molecule has 0 spiro atoms. The minimum atomic E-state index is -0.842. The summed E-state index contributed by atoms with van der Waals surface area (Å²) in [6.45, 7) is 2.06. The molecule has 2 rings (SSSR count). The van der Waals surface area contributed by atoms with Crippen LogP contribution in [0.25, 0.3) is 0 Å². The standard InChI is InChI=1S/C15H15N7O4S/c1-2-3-4-5-11-14(27-15(17)18-11)20-19-13-9(8-16)6-10(21(23)24)7-12(13)22(25)26/h6-7H,2-5H2,1H3,(H2,17,18). The molecule has 0 saturated heterocycles. The van der Waals surface area contributed by atoms with E-state index in [1.165, 1.54) is 0 Å². The number of nitrogens with two attached hydrogens (primary N) is 1. The van der Waals surface area contributed by atoms with E-state index < -0.39 is 21.2 Å². The summed E-state index contributed by atoms with van der Waals surface area (Å²) in [6.07, 6.45) is 3.53. The van der Waals surface area contributed by atoms with Crippen molar-refractivity contribution in [3.05, 3.63) is 43.6 Å². The molecule has 0 aliphatic rings. The lowest BCUT2D eigenvalue weighted by Gasteiger charge is -2.00. The molecule has 2 aromatic rings. The highest BCUT2D eigenvalue weighted by atomic mass is 32.1. The van der Waals surface area contributed by atoms with Crippen molar-refractivity contribution in [3.63, 3.8) is 0 Å². The number of rotatable bonds is 8. The first-order valence-electron chi connectivity index (χ1n) is 7.91. The highest BCUT2D eigenvalue weighted by Gasteiger charge is 2.24. The van der Waals surface area contributed by atoms with Gasteiger partial charge in [0, 0.05) is 6.07 Å². The fraction of sp³-hybridized carbons (Fsp3) is 0.333. The first-order valence-corrected chi connectivity index (χ1v) is 8.72. The number of thiazole rings is 1. The van der Waals surface area contributed by atoms with Crippen LogP contribution in [0.2, 0.25) is 0 Å². The van der Waals surface area contributed by atoms with Gasteiger partial charge in [-0.2, -0.15) is 5.26 Å². The number of aromatic nitrogens is 1. The predicted octanol–water partition coefficient (Wildman–Crippen LogP) is 4.56. The SMILES string of the molecule is CCCCCc1nc(N)sc1N=Nc1c(C#N)cc([N+](=O)[O-])cc1[N+](=O)[O-]. The van der Waals surface area contributed by atoms with Crippen LogP contribution < -0.4 is 5.73 Å². The number of nitro benzene ring substituents is 2. The number of nitrogen functional groups attached to an aromatic ring is 1. The summed E-state index contributed by atoms with van der Waals surface area (Å²) < 4.78 is 0. The van der Waals surface area contributed by atoms with Crippen LogP contribution >= 0.6 is 11.3 Å². The largest absolute Gasteiger partial charge is 0.375 e. The van der Waals surface area contributed by atoms with Gasteiger partial charge in [0.15, 0.2) is 15.8 Å². The van der Waals surface area contributed by atoms with Crippen LogP contribution in [-0.2, 0) is 6.42 Å². The Hall–Kier alpha value is -3.46. The number of aryl methyl sites for hydroxylation is 1. The molecule has 0 bridgehead atoms. The third-order valence-electron chi connectivity index (χ3n) is 3.55. The number of nitriles is 1. The molecule has 27 heavy (non-hydrogen) atoms. The maximum absolute atomic E-state index is 11.3. The van der Waals surface area contributed by atoms with Crippen molar-refractivity contribution in [1.29, 1.82) is 5.26 Å². The summed E-state index contributed by atoms with van der Waals surface area (Å²) in [5, 5.41) is 39.9. The second kappa shape index (κ2) is 8.77. The first kappa shape index (κ1) is 19.9. The topological polar surface area (TPSA) is 174 Å². The van der Waals surface area contributed by atoms with E-state index in [0.717, 1.165) is 42.7 Å². The van der Waals surface area contributed by atoms with E-state index in [1.54, 1.807) is 6.07 Å². The number of hydrogen-bond donors (Lipinski definition) is 1. The molecular formula is C15H15N7O4S. The Labute approximate surface area is 157 Å². The zero-order chi connectivity index (χ0) is 20.0. The number of unbranched alkanes of at least 4 members (excludes halogenated alkanes) is 2. The molecule has 11 nitrogen and oxygen atoms in total. The number of azo groups is 1. The average Bonchev–Trinajstić information content (AvgIpc) is 2.98. The van der Waals surface area contributed by atoms with Crippen molar-refractivity contribution in [2.75, 3.05) is 5.73 Å². The van der Waals surface area contributed by atoms with Crippen LogP contribution in [0.1, 0.15) is 37.4 Å². The zero-order valence-electron chi connectivity index (χ0n) is 14.3. The molecule has 0 fully saturated rings. The Morgan fingerprint density at radius 2 is 2.00 bits per heavy atom. The number of hydrogen-bond acceptors (Lipinski definition) is 10. The molecule has 12 heteroatoms. The van der Waals surface area contributed by atoms with Crippen LogP contribution in [-0.4, -0.2) is 14.8 Å². The summed E-state index contributed by atoms with van der Waals surface area (Å²) in [6, 6.07) is 3.35. The average molecular weight is 389 g/mol. The van der Waals surface area contributed by atoms with Gasteiger partial charge in [0.1, 0.15) is 6.07 Å². The third kappa shape index (κ3) is 4.79. The minimum absolute atomic E-state index is 0.286. The second-order valence-electron chi connectivity index (χ2n) is 5.45. The molecule has 1 heterocycles. The number of non-ortho nitro benzene ring substituents is 1. The Balaban J connectivity index is 2.46. The van der Waals surface area contributed by atoms with Crippen molar-refractivity contribution in [3.8, 4) is 6.07 Å². The smallest absolute Gasteiger partial charge is 0.304 e. The highest BCUT2D eigenvalue weighted by Crippen LogP contribution is 2.38. The fourth-order valence-corrected chi connectivity index (χ4v) is 2.98. The maximum Gasteiger partial charge on any atom is 0.304 e. The molecule has 140 valence electrons. The van der Waals surface area contributed by atoms with Crippen LogP contribution in [0.4, 0.5) is 27.2 Å². The zero-order valence-corrected chi connectivity index (χ0v) is 15.1. The van der Waals surface area contributed by atoms with Gasteiger partial charge in [-0.05, 0) is 12.8 Å². The molecule has 0 aliphatic heterocycles. The van der Waals surface area contributed by atoms with Gasteiger partial charge in [-0.1, -0.05) is 31.1 Å². The van der Waals surface area contributed by atoms with Gasteiger partial charge < -0.3 is 5.73 Å². The Morgan fingerprint density at radius 1 is 1.26 bits per heavy atom. The lowest BCUT2D eigenvalue weighted by molar-refractivity contribution is -0.393. The van der Waals surface area contributed by atoms with Gasteiger partial charge in [-0.15, -0.1) is 10.2 Å². The van der Waals surface area contributed by atoms with Crippen molar-refractivity contribution in [2.24, 2.45) is 10.2 Å². The van der Waals surface area contributed by atoms with E-state index >= 15 is 0 Å². The van der Waals surface area contributed by atoms with Crippen molar-refractivity contribution in [1.82, 2.24) is 4.98 Å². The summed E-state index contributed by atoms with van der Waals surface area (Å²) in [7, 11) is 0. The molecular weight excluding hydrogens is 374 g/mol. The number of nitro groups is 2. The molecule has 0 amide bonds. The van der Waals surface area contributed by atoms with Gasteiger partial charge in [0.25, 0.3) is 5.69 Å². The van der Waals surface area contributed by atoms with E-state index in [1.807, 2.05) is 0 Å². The van der Waals surface area contributed by atoms with E-state index in [4.69, 9.17) is 5.73 Å². The molecule has 2 N–H and O–H groups in total. The monoisotopic (exact) mass is 389 g/mol. The normalized spacial score (nSPS) is 10.8. The van der Waals surface area contributed by atoms with Gasteiger partial charge in [-0.3, -0.25) is 20.2 Å². The number of nitrogens with zero attached hydrogens (tertiary/aromatic N) is 6. The third-order valence-corrected chi connectivity index (χ3v) is 4.36. The second-order valence-corrected chi connectivity index (χ2v) is 6.46. The van der Waals surface area contributed by atoms with Crippen LogP contribution in [0.15, 0.2) is 22.4 Å². The van der Waals surface area contributed by atoms with Crippen molar-refractivity contribution in [2.45, 2.75) is 32.6 Å². The van der Waals surface area contributed by atoms with Crippen LogP contribution in [0, 0.1) is 31.6 Å². The molecule has 1 aromatic heterocycles. The molecule has 0 atom stereocenters. The number of benzene rings is 1. The Morgan fingerprint density at radius 3 is 2.59 bits per heavy atom. The highest BCUT2D eigenvalue weighted by molar-refractivity contribution is 7.19. The van der Waals surface area contributed by atoms with Crippen molar-refractivity contribution < 1.29 is 9.85 Å². The predicted molar refractivity (Wildman–Crippen MR) is 98.4 cm³/mol. The fourth-order valence-electron chi connectivity index (χ4n) is 2.28. The molecule has 1 aromatic carbocycles. The number of anilines is 1. The van der Waals surface area contributed by atoms with Gasteiger partial charge >= 0.3 is 5.69 Å². The van der Waals surface area contributed by atoms with Gasteiger partial charge in [0.2, 0.25) is 0 Å². The summed E-state index contributed by atoms with van der Waals surface area (Å²) in [5.74, 6) is 0. The lowest BCUT2D eigenvalue weighted by atomic mass is 10.1. The maximum atomic E-state index is 11.3. The summed E-state index contributed by atoms with van der Waals surface area (Å²) in [4.78, 5) is 24.7. The Kier molecular flexibility index (Phi) is 6.45. The summed E-state index contributed by atoms with van der Waals surface area (Å²) in [5.41, 5.74) is 4.43. The molecule has 0 aliphatic carbocycles. The van der Waals surface area contributed by atoms with E-state index in [2.05, 4.69) is 22.1 Å². The first-order chi connectivity index (χ1) is 12.9. The van der Waals surface area contributed by atoms with E-state index in [-0.39, 0.29) is 16.4 Å². The minimum Gasteiger partial charge on any atom is -0.375 e. The van der Waals surface area contributed by atoms with Gasteiger partial charge in [-0.25, -0.2) is 4.98 Å². The van der Waals surface area contributed by atoms with E-state index in [0.29, 0.717) is 17.1 Å². The lowest BCUT2D eigenvalue weighted by Crippen LogP contribution is -1.95. The van der Waals surface area contributed by atoms with Gasteiger partial charge in [0.05, 0.1) is 27.2 Å².